The van der Waals surface area contributed by atoms with Crippen LogP contribution in [0.1, 0.15) is 31.2 Å². The molecule has 7 heteroatoms. The van der Waals surface area contributed by atoms with Gasteiger partial charge in [-0.1, -0.05) is 0 Å². The van der Waals surface area contributed by atoms with Crippen LogP contribution in [0.15, 0.2) is 23.1 Å². The van der Waals surface area contributed by atoms with Gasteiger partial charge in [-0.25, -0.2) is 8.42 Å². The molecule has 1 saturated carbocycles. The number of aryl methyl sites for hydroxylation is 1. The van der Waals surface area contributed by atoms with Crippen LogP contribution < -0.4 is 4.74 Å². The van der Waals surface area contributed by atoms with E-state index in [0.29, 0.717) is 36.6 Å². The summed E-state index contributed by atoms with van der Waals surface area (Å²) in [5.74, 6) is 0.740. The average Bonchev–Trinajstić information content (AvgIpc) is 3.07. The van der Waals surface area contributed by atoms with Crippen LogP contribution in [0.2, 0.25) is 0 Å². The average molecular weight is 352 g/mol. The molecule has 1 aromatic rings. The first kappa shape index (κ1) is 17.2. The lowest BCUT2D eigenvalue weighted by molar-refractivity contribution is -0.119. The number of ether oxygens (including phenoxy) is 1. The normalized spacial score (nSPS) is 20.3. The molecule has 0 bridgehead atoms. The fourth-order valence-electron chi connectivity index (χ4n) is 3.37. The van der Waals surface area contributed by atoms with Gasteiger partial charge in [-0.05, 0) is 56.4 Å². The van der Waals surface area contributed by atoms with E-state index in [1.807, 2.05) is 6.07 Å². The Labute approximate surface area is 143 Å². The van der Waals surface area contributed by atoms with E-state index in [2.05, 4.69) is 0 Å². The van der Waals surface area contributed by atoms with Gasteiger partial charge in [0.1, 0.15) is 5.75 Å². The Morgan fingerprint density at radius 3 is 2.38 bits per heavy atom. The monoisotopic (exact) mass is 352 g/mol. The molecular formula is C17H24N2O4S. The molecule has 0 unspecified atom stereocenters. The van der Waals surface area contributed by atoms with Crippen molar-refractivity contribution in [1.29, 1.82) is 0 Å². The number of piperazine rings is 1. The van der Waals surface area contributed by atoms with Crippen LogP contribution in [-0.2, 0) is 14.8 Å². The topological polar surface area (TPSA) is 66.9 Å². The van der Waals surface area contributed by atoms with E-state index in [-0.39, 0.29) is 6.10 Å². The van der Waals surface area contributed by atoms with E-state index in [4.69, 9.17) is 4.74 Å². The van der Waals surface area contributed by atoms with Crippen LogP contribution in [0.3, 0.4) is 0 Å². The number of hydrogen-bond donors (Lipinski definition) is 0. The molecule has 1 saturated heterocycles. The lowest BCUT2D eigenvalue weighted by Gasteiger charge is -2.32. The minimum Gasteiger partial charge on any atom is -0.490 e. The molecule has 6 nitrogen and oxygen atoms in total. The minimum absolute atomic E-state index is 0.253. The second-order valence-corrected chi connectivity index (χ2v) is 8.40. The number of carbonyl (C=O) groups excluding carboxylic acids is 1. The van der Waals surface area contributed by atoms with Gasteiger partial charge in [0.2, 0.25) is 16.4 Å². The third-order valence-corrected chi connectivity index (χ3v) is 6.85. The molecule has 0 radical (unpaired) electrons. The van der Waals surface area contributed by atoms with Crippen molar-refractivity contribution in [2.45, 2.75) is 43.6 Å². The summed E-state index contributed by atoms with van der Waals surface area (Å²) in [5.41, 5.74) is 0.698. The number of sulfonamides is 1. The number of rotatable bonds is 5. The van der Waals surface area contributed by atoms with E-state index >= 15 is 0 Å². The van der Waals surface area contributed by atoms with Crippen molar-refractivity contribution < 1.29 is 17.9 Å². The van der Waals surface area contributed by atoms with Crippen LogP contribution in [-0.4, -0.2) is 56.3 Å². The van der Waals surface area contributed by atoms with Gasteiger partial charge in [0.15, 0.2) is 0 Å². The summed E-state index contributed by atoms with van der Waals surface area (Å²) in [7, 11) is -3.53. The maximum absolute atomic E-state index is 12.8. The number of carbonyl (C=O) groups is 1. The molecular weight excluding hydrogens is 328 g/mol. The summed E-state index contributed by atoms with van der Waals surface area (Å²) in [6, 6.07) is 5.20. The van der Waals surface area contributed by atoms with Crippen LogP contribution in [0, 0.1) is 6.92 Å². The van der Waals surface area contributed by atoms with Gasteiger partial charge in [0, 0.05) is 26.2 Å². The first-order valence-electron chi connectivity index (χ1n) is 8.47. The van der Waals surface area contributed by atoms with Gasteiger partial charge in [0.05, 0.1) is 11.0 Å². The highest BCUT2D eigenvalue weighted by Gasteiger charge is 2.29. The molecule has 3 rings (SSSR count). The van der Waals surface area contributed by atoms with Crippen LogP contribution in [0.25, 0.3) is 0 Å². The van der Waals surface area contributed by atoms with Crippen LogP contribution >= 0.6 is 0 Å². The van der Waals surface area contributed by atoms with Crippen molar-refractivity contribution in [3.8, 4) is 5.75 Å². The van der Waals surface area contributed by atoms with Gasteiger partial charge in [-0.3, -0.25) is 4.79 Å². The molecule has 0 spiro atoms. The van der Waals surface area contributed by atoms with Crippen molar-refractivity contribution in [3.05, 3.63) is 23.8 Å². The van der Waals surface area contributed by atoms with Crippen molar-refractivity contribution in [2.24, 2.45) is 0 Å². The SMILES string of the molecule is Cc1cc(OC2CCCC2)ccc1S(=O)(=O)N1CCN(C=O)CC1. The smallest absolute Gasteiger partial charge is 0.243 e. The van der Waals surface area contributed by atoms with Crippen molar-refractivity contribution in [1.82, 2.24) is 9.21 Å². The van der Waals surface area contributed by atoms with E-state index in [1.165, 1.54) is 17.1 Å². The molecule has 0 aromatic heterocycles. The summed E-state index contributed by atoms with van der Waals surface area (Å²) >= 11 is 0. The van der Waals surface area contributed by atoms with Gasteiger partial charge in [0.25, 0.3) is 0 Å². The Hall–Kier alpha value is -1.60. The van der Waals surface area contributed by atoms with Gasteiger partial charge in [-0.15, -0.1) is 0 Å². The first-order valence-corrected chi connectivity index (χ1v) is 9.91. The fraction of sp³-hybridized carbons (Fsp3) is 0.588. The Balaban J connectivity index is 1.74. The molecule has 1 heterocycles. The molecule has 1 aliphatic carbocycles. The molecule has 132 valence electrons. The van der Waals surface area contributed by atoms with E-state index in [9.17, 15) is 13.2 Å². The zero-order valence-electron chi connectivity index (χ0n) is 14.0. The Kier molecular flexibility index (Phi) is 5.10. The third kappa shape index (κ3) is 3.57. The molecule has 2 aliphatic rings. The molecule has 1 aliphatic heterocycles. The zero-order valence-corrected chi connectivity index (χ0v) is 14.8. The number of hydrogen-bond acceptors (Lipinski definition) is 4. The molecule has 1 aromatic carbocycles. The highest BCUT2D eigenvalue weighted by molar-refractivity contribution is 7.89. The van der Waals surface area contributed by atoms with Crippen molar-refractivity contribution in [2.75, 3.05) is 26.2 Å². The lowest BCUT2D eigenvalue weighted by Crippen LogP contribution is -2.48. The quantitative estimate of drug-likeness (QED) is 0.758. The summed E-state index contributed by atoms with van der Waals surface area (Å²) < 4.78 is 33.1. The molecule has 0 atom stereocenters. The van der Waals surface area contributed by atoms with Gasteiger partial charge in [-0.2, -0.15) is 4.31 Å². The zero-order chi connectivity index (χ0) is 17.2. The minimum atomic E-state index is -3.53. The Morgan fingerprint density at radius 2 is 1.79 bits per heavy atom. The van der Waals surface area contributed by atoms with Crippen molar-refractivity contribution >= 4 is 16.4 Å². The Morgan fingerprint density at radius 1 is 1.12 bits per heavy atom. The fourth-order valence-corrected chi connectivity index (χ4v) is 5.00. The number of nitrogens with zero attached hydrogens (tertiary/aromatic N) is 2. The molecule has 2 fully saturated rings. The predicted octanol–water partition coefficient (Wildman–Crippen LogP) is 1.78. The van der Waals surface area contributed by atoms with Gasteiger partial charge >= 0.3 is 0 Å². The maximum atomic E-state index is 12.8. The summed E-state index contributed by atoms with van der Waals surface area (Å²) in [5, 5.41) is 0. The highest BCUT2D eigenvalue weighted by atomic mass is 32.2. The van der Waals surface area contributed by atoms with Crippen LogP contribution in [0.4, 0.5) is 0 Å². The first-order chi connectivity index (χ1) is 11.5. The number of benzene rings is 1. The highest BCUT2D eigenvalue weighted by Crippen LogP contribution is 2.28. The lowest BCUT2D eigenvalue weighted by atomic mass is 10.2. The van der Waals surface area contributed by atoms with Gasteiger partial charge < -0.3 is 9.64 Å². The Bertz CT molecular complexity index is 691. The number of amides is 1. The maximum Gasteiger partial charge on any atom is 0.243 e. The molecule has 1 amide bonds. The van der Waals surface area contributed by atoms with Crippen molar-refractivity contribution in [3.63, 3.8) is 0 Å². The second-order valence-electron chi connectivity index (χ2n) is 6.50. The third-order valence-electron chi connectivity index (χ3n) is 4.79. The second kappa shape index (κ2) is 7.11. The van der Waals surface area contributed by atoms with E-state index in [1.54, 1.807) is 24.0 Å². The van der Waals surface area contributed by atoms with E-state index in [0.717, 1.165) is 25.0 Å². The van der Waals surface area contributed by atoms with E-state index < -0.39 is 10.0 Å². The standard InChI is InChI=1S/C17H24N2O4S/c1-14-12-16(23-15-4-2-3-5-15)6-7-17(14)24(21,22)19-10-8-18(13-20)9-11-19/h6-7,12-13,15H,2-5,8-11H2,1H3. The molecule has 0 N–H and O–H groups in total. The molecule has 24 heavy (non-hydrogen) atoms. The predicted molar refractivity (Wildman–Crippen MR) is 90.5 cm³/mol. The van der Waals surface area contributed by atoms with Crippen LogP contribution in [0.5, 0.6) is 5.75 Å². The summed E-state index contributed by atoms with van der Waals surface area (Å²) in [6.07, 6.45) is 5.55. The summed E-state index contributed by atoms with van der Waals surface area (Å²) in [6.45, 7) is 3.34. The summed E-state index contributed by atoms with van der Waals surface area (Å²) in [4.78, 5) is 12.7. The largest absolute Gasteiger partial charge is 0.490 e.